The number of fused-ring (bicyclic) bond motifs is 2. The van der Waals surface area contributed by atoms with Crippen LogP contribution in [0.15, 0.2) is 89.0 Å². The van der Waals surface area contributed by atoms with Gasteiger partial charge in [-0.1, -0.05) is 30.8 Å². The largest absolute Gasteiger partial charge is 0.494 e. The average Bonchev–Trinajstić information content (AvgIpc) is 2.87. The Morgan fingerprint density at radius 2 is 1.91 bits per heavy atom. The molecule has 35 heavy (non-hydrogen) atoms. The zero-order valence-electron chi connectivity index (χ0n) is 19.4. The number of aromatic nitrogens is 3. The van der Waals surface area contributed by atoms with Crippen molar-refractivity contribution in [3.05, 3.63) is 112 Å². The number of benzene rings is 2. The van der Waals surface area contributed by atoms with E-state index in [2.05, 4.69) is 43.9 Å². The van der Waals surface area contributed by atoms with E-state index in [1.807, 2.05) is 55.6 Å². The van der Waals surface area contributed by atoms with Gasteiger partial charge in [0.05, 0.1) is 12.0 Å². The van der Waals surface area contributed by atoms with Crippen molar-refractivity contribution in [2.24, 2.45) is 4.99 Å². The Morgan fingerprint density at radius 1 is 1.03 bits per heavy atom. The number of nitrogens with zero attached hydrogens (tertiary/aromatic N) is 2. The van der Waals surface area contributed by atoms with Crippen molar-refractivity contribution in [2.75, 3.05) is 13.2 Å². The molecule has 0 aliphatic rings. The minimum Gasteiger partial charge on any atom is -0.494 e. The van der Waals surface area contributed by atoms with Crippen molar-refractivity contribution >= 4 is 21.8 Å². The van der Waals surface area contributed by atoms with Gasteiger partial charge in [0.25, 0.3) is 0 Å². The molecular weight excluding hydrogens is 483 g/mol. The summed E-state index contributed by atoms with van der Waals surface area (Å²) in [6, 6.07) is 22.9. The van der Waals surface area contributed by atoms with E-state index in [-0.39, 0.29) is 22.2 Å². The number of H-pyrrole nitrogens is 2. The summed E-state index contributed by atoms with van der Waals surface area (Å²) >= 11 is 0. The quantitative estimate of drug-likeness (QED) is 0.260. The fourth-order valence-electron chi connectivity index (χ4n) is 4.12. The molecule has 2 aromatic carbocycles. The standard InChI is InChI=1S/C28H26N4O2.Co/c1-2-29-28-10-8-20(18-31-28)13-16-34-27-12-15-32(25-6-4-3-5-23(25)27)19-21-7-9-22-24(17-21)30-14-11-26(22)33;/h3-9,11-12,14-15,17-18H,2,13,16,19H2,1H3,(H,29,31)(H,30,33);. The summed E-state index contributed by atoms with van der Waals surface area (Å²) in [6.45, 7) is 3.99. The molecule has 6 nitrogen and oxygen atoms in total. The molecule has 0 unspecified atom stereocenters. The zero-order valence-corrected chi connectivity index (χ0v) is 20.4. The van der Waals surface area contributed by atoms with E-state index in [4.69, 9.17) is 4.74 Å². The zero-order chi connectivity index (χ0) is 23.3. The van der Waals surface area contributed by atoms with E-state index in [0.29, 0.717) is 18.5 Å². The minimum absolute atomic E-state index is 0. The van der Waals surface area contributed by atoms with Crippen LogP contribution in [0.1, 0.15) is 18.1 Å². The molecule has 5 rings (SSSR count). The van der Waals surface area contributed by atoms with E-state index in [1.54, 1.807) is 12.3 Å². The summed E-state index contributed by atoms with van der Waals surface area (Å²) in [5.41, 5.74) is 4.98. The molecule has 0 aliphatic carbocycles. The maximum Gasteiger partial charge on any atom is 0.216 e. The molecule has 0 atom stereocenters. The Morgan fingerprint density at radius 3 is 2.74 bits per heavy atom. The molecule has 179 valence electrons. The second kappa shape index (κ2) is 11.2. The topological polar surface area (TPSA) is 74.1 Å². The van der Waals surface area contributed by atoms with Gasteiger partial charge in [0.1, 0.15) is 5.75 Å². The number of para-hydroxylation sites is 1. The van der Waals surface area contributed by atoms with E-state index in [1.165, 1.54) is 0 Å². The molecule has 2 N–H and O–H groups in total. The van der Waals surface area contributed by atoms with Crippen LogP contribution in [0.4, 0.5) is 0 Å². The van der Waals surface area contributed by atoms with Crippen LogP contribution in [0.25, 0.3) is 21.8 Å². The van der Waals surface area contributed by atoms with Crippen molar-refractivity contribution in [2.45, 2.75) is 19.9 Å². The van der Waals surface area contributed by atoms with E-state index >= 15 is 0 Å². The molecule has 3 heterocycles. The van der Waals surface area contributed by atoms with Crippen LogP contribution in [-0.4, -0.2) is 23.1 Å². The molecule has 0 amide bonds. The number of rotatable bonds is 7. The first-order valence-electron chi connectivity index (χ1n) is 11.5. The molecular formula is C28H26CoN4O2. The normalized spacial score (nSPS) is 11.5. The van der Waals surface area contributed by atoms with Crippen molar-refractivity contribution in [3.63, 3.8) is 0 Å². The summed E-state index contributed by atoms with van der Waals surface area (Å²) < 4.78 is 8.37. The van der Waals surface area contributed by atoms with Crippen LogP contribution in [-0.2, 0) is 29.7 Å². The Labute approximate surface area is 213 Å². The van der Waals surface area contributed by atoms with Crippen molar-refractivity contribution in [1.82, 2.24) is 9.97 Å². The summed E-state index contributed by atoms with van der Waals surface area (Å²) in [5.74, 6) is 0.861. The fraction of sp³-hybridized carbons (Fsp3) is 0.179. The van der Waals surface area contributed by atoms with Gasteiger partial charge in [-0.15, -0.1) is 0 Å². The summed E-state index contributed by atoms with van der Waals surface area (Å²) in [4.78, 5) is 22.7. The molecule has 7 heteroatoms. The molecule has 0 aliphatic heterocycles. The Balaban J connectivity index is 0.00000289. The Hall–Kier alpha value is -3.68. The van der Waals surface area contributed by atoms with Crippen molar-refractivity contribution < 1.29 is 26.1 Å². The summed E-state index contributed by atoms with van der Waals surface area (Å²) in [7, 11) is 0. The smallest absolute Gasteiger partial charge is 0.216 e. The third-order valence-corrected chi connectivity index (χ3v) is 5.81. The maximum atomic E-state index is 12.0. The maximum absolute atomic E-state index is 12.0. The van der Waals surface area contributed by atoms with Gasteiger partial charge in [0, 0.05) is 69.7 Å². The minimum atomic E-state index is 0. The van der Waals surface area contributed by atoms with Crippen LogP contribution in [0.3, 0.4) is 0 Å². The number of pyridine rings is 3. The molecule has 0 fully saturated rings. The van der Waals surface area contributed by atoms with Gasteiger partial charge < -0.3 is 14.7 Å². The van der Waals surface area contributed by atoms with Gasteiger partial charge in [0.15, 0.2) is 18.2 Å². The number of aromatic amines is 2. The molecule has 5 aromatic rings. The van der Waals surface area contributed by atoms with Gasteiger partial charge in [-0.2, -0.15) is 10.1 Å². The van der Waals surface area contributed by atoms with Crippen LogP contribution in [0, 0.1) is 6.07 Å². The van der Waals surface area contributed by atoms with Gasteiger partial charge in [-0.05, 0) is 25.1 Å². The molecule has 0 saturated carbocycles. The summed E-state index contributed by atoms with van der Waals surface area (Å²) in [5, 5.41) is 1.77. The molecule has 1 radical (unpaired) electrons. The number of hydrogen-bond acceptors (Lipinski definition) is 3. The third kappa shape index (κ3) is 5.53. The predicted molar refractivity (Wildman–Crippen MR) is 133 cm³/mol. The molecule has 0 bridgehead atoms. The number of ether oxygens (including phenoxy) is 1. The number of hydrogen-bond donors (Lipinski definition) is 2. The van der Waals surface area contributed by atoms with Gasteiger partial charge in [-0.3, -0.25) is 9.79 Å². The first-order valence-corrected chi connectivity index (χ1v) is 11.5. The van der Waals surface area contributed by atoms with Crippen LogP contribution < -0.4 is 20.2 Å². The summed E-state index contributed by atoms with van der Waals surface area (Å²) in [6.07, 6.45) is 6.48. The monoisotopic (exact) mass is 509 g/mol. The van der Waals surface area contributed by atoms with Gasteiger partial charge >= 0.3 is 0 Å². The van der Waals surface area contributed by atoms with Crippen LogP contribution >= 0.6 is 0 Å². The SMILES string of the molecule is CCN=c1[c-]cc(CCOc2cc[n+](Cc3ccc4c(=O)cc[nH]c4c3)c3ccccc23)c[nH]1.[Co]. The van der Waals surface area contributed by atoms with E-state index in [0.717, 1.165) is 51.7 Å². The second-order valence-electron chi connectivity index (χ2n) is 8.12. The Bertz CT molecular complexity index is 1570. The first-order chi connectivity index (χ1) is 16.7. The van der Waals surface area contributed by atoms with Crippen molar-refractivity contribution in [1.29, 1.82) is 0 Å². The fourth-order valence-corrected chi connectivity index (χ4v) is 4.12. The van der Waals surface area contributed by atoms with Crippen molar-refractivity contribution in [3.8, 4) is 5.75 Å². The average molecular weight is 509 g/mol. The van der Waals surface area contributed by atoms with Gasteiger partial charge in [-0.25, -0.2) is 12.1 Å². The molecule has 0 saturated heterocycles. The van der Waals surface area contributed by atoms with Crippen LogP contribution in [0.5, 0.6) is 5.75 Å². The molecule has 0 spiro atoms. The molecule has 3 aromatic heterocycles. The van der Waals surface area contributed by atoms with E-state index < -0.39 is 0 Å². The predicted octanol–water partition coefficient (Wildman–Crippen LogP) is 3.68. The third-order valence-electron chi connectivity index (χ3n) is 5.81. The Kier molecular flexibility index (Phi) is 7.79. The van der Waals surface area contributed by atoms with Crippen LogP contribution in [0.2, 0.25) is 0 Å². The first kappa shape index (κ1) is 24.4. The van der Waals surface area contributed by atoms with E-state index in [9.17, 15) is 4.79 Å². The van der Waals surface area contributed by atoms with Gasteiger partial charge in [0.2, 0.25) is 5.52 Å². The number of nitrogens with one attached hydrogen (secondary N) is 2. The second-order valence-corrected chi connectivity index (χ2v) is 8.12.